The van der Waals surface area contributed by atoms with E-state index < -0.39 is 0 Å². The van der Waals surface area contributed by atoms with Crippen LogP contribution >= 0.6 is 0 Å². The van der Waals surface area contributed by atoms with Crippen LogP contribution in [0.25, 0.3) is 11.0 Å². The fourth-order valence-corrected chi connectivity index (χ4v) is 2.08. The second kappa shape index (κ2) is 7.45. The number of fused-ring (bicyclic) bond motifs is 1. The molecular weight excluding hydrogens is 282 g/mol. The molecule has 0 aliphatic carbocycles. The molecule has 0 aliphatic rings. The number of amides is 1. The van der Waals surface area contributed by atoms with Gasteiger partial charge in [-0.15, -0.1) is 0 Å². The molecule has 0 radical (unpaired) electrons. The Kier molecular flexibility index (Phi) is 5.36. The number of ether oxygens (including phenoxy) is 1. The molecule has 0 saturated carbocycles. The quantitative estimate of drug-likeness (QED) is 0.506. The molecule has 1 heterocycles. The maximum Gasteiger partial charge on any atom is 0.336 e. The summed E-state index contributed by atoms with van der Waals surface area (Å²) in [5.41, 5.74) is 1.03. The monoisotopic (exact) mass is 301 g/mol. The second-order valence-electron chi connectivity index (χ2n) is 4.90. The van der Waals surface area contributed by atoms with Gasteiger partial charge in [0, 0.05) is 24.1 Å². The molecule has 1 amide bonds. The van der Waals surface area contributed by atoms with Crippen LogP contribution in [-0.4, -0.2) is 19.1 Å². The predicted octanol–water partition coefficient (Wildman–Crippen LogP) is 2.56. The van der Waals surface area contributed by atoms with Gasteiger partial charge >= 0.3 is 5.63 Å². The van der Waals surface area contributed by atoms with E-state index in [2.05, 4.69) is 5.32 Å². The summed E-state index contributed by atoms with van der Waals surface area (Å²) in [6, 6.07) is 6.89. The van der Waals surface area contributed by atoms with E-state index in [1.807, 2.05) is 19.1 Å². The average Bonchev–Trinajstić information content (AvgIpc) is 2.46. The maximum absolute atomic E-state index is 11.4. The predicted molar refractivity (Wildman–Crippen MR) is 85.2 cm³/mol. The molecule has 0 saturated heterocycles. The second-order valence-corrected chi connectivity index (χ2v) is 4.90. The molecule has 1 aromatic carbocycles. The van der Waals surface area contributed by atoms with Crippen LogP contribution in [0.4, 0.5) is 0 Å². The van der Waals surface area contributed by atoms with Crippen LogP contribution in [0.3, 0.4) is 0 Å². The minimum Gasteiger partial charge on any atom is -0.493 e. The summed E-state index contributed by atoms with van der Waals surface area (Å²) in [6.45, 7) is 4.68. The summed E-state index contributed by atoms with van der Waals surface area (Å²) in [5.74, 6) is 0.534. The minimum atomic E-state index is -0.367. The van der Waals surface area contributed by atoms with Crippen molar-refractivity contribution in [3.8, 4) is 5.75 Å². The number of benzene rings is 1. The first-order valence-corrected chi connectivity index (χ1v) is 7.18. The summed E-state index contributed by atoms with van der Waals surface area (Å²) in [4.78, 5) is 22.6. The van der Waals surface area contributed by atoms with Gasteiger partial charge in [0.05, 0.1) is 6.61 Å². The average molecular weight is 301 g/mol. The molecule has 0 atom stereocenters. The standard InChI is InChI=1S/C17H19NO4/c1-3-5-16(19)18-8-4-9-21-13-6-7-14-12(2)10-17(20)22-15(14)11-13/h3,5-7,10-11H,4,8-9H2,1-2H3,(H,18,19). The molecule has 0 fully saturated rings. The zero-order valence-electron chi connectivity index (χ0n) is 12.7. The summed E-state index contributed by atoms with van der Waals surface area (Å²) in [5, 5.41) is 3.64. The highest BCUT2D eigenvalue weighted by Crippen LogP contribution is 2.22. The van der Waals surface area contributed by atoms with E-state index in [0.717, 1.165) is 10.9 Å². The minimum absolute atomic E-state index is 0.106. The Morgan fingerprint density at radius 2 is 2.18 bits per heavy atom. The Morgan fingerprint density at radius 3 is 2.95 bits per heavy atom. The lowest BCUT2D eigenvalue weighted by atomic mass is 10.1. The van der Waals surface area contributed by atoms with Crippen molar-refractivity contribution in [2.45, 2.75) is 20.3 Å². The molecule has 0 aliphatic heterocycles. The number of rotatable bonds is 6. The van der Waals surface area contributed by atoms with E-state index in [4.69, 9.17) is 9.15 Å². The van der Waals surface area contributed by atoms with Crippen molar-refractivity contribution < 1.29 is 13.9 Å². The van der Waals surface area contributed by atoms with Crippen molar-refractivity contribution in [3.63, 3.8) is 0 Å². The van der Waals surface area contributed by atoms with Gasteiger partial charge in [0.1, 0.15) is 11.3 Å². The molecule has 5 nitrogen and oxygen atoms in total. The van der Waals surface area contributed by atoms with Gasteiger partial charge in [0.2, 0.25) is 5.91 Å². The summed E-state index contributed by atoms with van der Waals surface area (Å²) in [7, 11) is 0. The van der Waals surface area contributed by atoms with E-state index in [0.29, 0.717) is 30.9 Å². The molecule has 1 N–H and O–H groups in total. The fourth-order valence-electron chi connectivity index (χ4n) is 2.08. The highest BCUT2D eigenvalue weighted by Gasteiger charge is 2.04. The van der Waals surface area contributed by atoms with Gasteiger partial charge in [-0.25, -0.2) is 4.79 Å². The van der Waals surface area contributed by atoms with Gasteiger partial charge in [-0.2, -0.15) is 0 Å². The molecule has 22 heavy (non-hydrogen) atoms. The van der Waals surface area contributed by atoms with Gasteiger partial charge in [-0.3, -0.25) is 4.79 Å². The van der Waals surface area contributed by atoms with Gasteiger partial charge in [0.25, 0.3) is 0 Å². The highest BCUT2D eigenvalue weighted by molar-refractivity contribution is 5.87. The van der Waals surface area contributed by atoms with E-state index in [9.17, 15) is 9.59 Å². The molecule has 1 aromatic heterocycles. The summed E-state index contributed by atoms with van der Waals surface area (Å²) in [6.07, 6.45) is 3.87. The lowest BCUT2D eigenvalue weighted by molar-refractivity contribution is -0.116. The third-order valence-corrected chi connectivity index (χ3v) is 3.13. The van der Waals surface area contributed by atoms with Gasteiger partial charge in [-0.05, 0) is 44.0 Å². The zero-order valence-corrected chi connectivity index (χ0v) is 12.7. The Hall–Kier alpha value is -2.56. The third kappa shape index (κ3) is 4.22. The van der Waals surface area contributed by atoms with Crippen LogP contribution in [0.15, 0.2) is 45.6 Å². The number of carbonyl (C=O) groups is 1. The third-order valence-electron chi connectivity index (χ3n) is 3.13. The van der Waals surface area contributed by atoms with Crippen LogP contribution in [0.2, 0.25) is 0 Å². The molecule has 0 unspecified atom stereocenters. The number of hydrogen-bond donors (Lipinski definition) is 1. The normalized spacial score (nSPS) is 11.0. The van der Waals surface area contributed by atoms with Crippen LogP contribution < -0.4 is 15.7 Å². The number of nitrogens with one attached hydrogen (secondary N) is 1. The van der Waals surface area contributed by atoms with Gasteiger partial charge < -0.3 is 14.5 Å². The topological polar surface area (TPSA) is 68.5 Å². The van der Waals surface area contributed by atoms with Crippen LogP contribution in [0, 0.1) is 6.92 Å². The first-order chi connectivity index (χ1) is 10.6. The number of allylic oxidation sites excluding steroid dienone is 1. The largest absolute Gasteiger partial charge is 0.493 e. The molecule has 116 valence electrons. The Bertz CT molecular complexity index is 746. The first kappa shape index (κ1) is 15.8. The van der Waals surface area contributed by atoms with Crippen molar-refractivity contribution in [2.24, 2.45) is 0 Å². The van der Waals surface area contributed by atoms with Crippen molar-refractivity contribution in [1.29, 1.82) is 0 Å². The smallest absolute Gasteiger partial charge is 0.336 e. The molecule has 5 heteroatoms. The van der Waals surface area contributed by atoms with Gasteiger partial charge in [0.15, 0.2) is 0 Å². The summed E-state index contributed by atoms with van der Waals surface area (Å²) < 4.78 is 10.8. The Balaban J connectivity index is 1.90. The molecule has 2 rings (SSSR count). The fraction of sp³-hybridized carbons (Fsp3) is 0.294. The van der Waals surface area contributed by atoms with E-state index in [1.165, 1.54) is 12.1 Å². The van der Waals surface area contributed by atoms with Crippen molar-refractivity contribution in [3.05, 3.63) is 52.4 Å². The van der Waals surface area contributed by atoms with Gasteiger partial charge in [-0.1, -0.05) is 6.08 Å². The maximum atomic E-state index is 11.4. The SMILES string of the molecule is CC=CC(=O)NCCCOc1ccc2c(C)cc(=O)oc2c1. The van der Waals surface area contributed by atoms with Crippen LogP contribution in [0.1, 0.15) is 18.9 Å². The zero-order chi connectivity index (χ0) is 15.9. The summed E-state index contributed by atoms with van der Waals surface area (Å²) >= 11 is 0. The van der Waals surface area contributed by atoms with Crippen molar-refractivity contribution >= 4 is 16.9 Å². The van der Waals surface area contributed by atoms with E-state index >= 15 is 0 Å². The lowest BCUT2D eigenvalue weighted by Crippen LogP contribution is -2.23. The van der Waals surface area contributed by atoms with Crippen molar-refractivity contribution in [1.82, 2.24) is 5.32 Å². The number of carbonyl (C=O) groups excluding carboxylic acids is 1. The highest BCUT2D eigenvalue weighted by atomic mass is 16.5. The van der Waals surface area contributed by atoms with Crippen LogP contribution in [0.5, 0.6) is 5.75 Å². The molecule has 2 aromatic rings. The Labute approximate surface area is 128 Å². The first-order valence-electron chi connectivity index (χ1n) is 7.18. The molecular formula is C17H19NO4. The van der Waals surface area contributed by atoms with E-state index in [-0.39, 0.29) is 11.5 Å². The van der Waals surface area contributed by atoms with Crippen LogP contribution in [-0.2, 0) is 4.79 Å². The molecule has 0 spiro atoms. The van der Waals surface area contributed by atoms with Crippen molar-refractivity contribution in [2.75, 3.05) is 13.2 Å². The number of hydrogen-bond acceptors (Lipinski definition) is 4. The van der Waals surface area contributed by atoms with E-state index in [1.54, 1.807) is 19.1 Å². The lowest BCUT2D eigenvalue weighted by Gasteiger charge is -2.08. The Morgan fingerprint density at radius 1 is 1.36 bits per heavy atom. The number of aryl methyl sites for hydroxylation is 1. The molecule has 0 bridgehead atoms.